The summed E-state index contributed by atoms with van der Waals surface area (Å²) in [5.41, 5.74) is 1.22. The van der Waals surface area contributed by atoms with E-state index in [0.29, 0.717) is 23.5 Å². The van der Waals surface area contributed by atoms with Crippen LogP contribution in [0.5, 0.6) is 5.75 Å². The summed E-state index contributed by atoms with van der Waals surface area (Å²) >= 11 is 6.05. The molecular weight excluding hydrogens is 280 g/mol. The first kappa shape index (κ1) is 12.7. The number of ether oxygens (including phenoxy) is 1. The molecule has 0 aliphatic rings. The number of hydrogen-bond donors (Lipinski definition) is 1. The van der Waals surface area contributed by atoms with Crippen molar-refractivity contribution in [3.8, 4) is 11.4 Å². The van der Waals surface area contributed by atoms with Gasteiger partial charge in [-0.25, -0.2) is 14.8 Å². The van der Waals surface area contributed by atoms with E-state index in [9.17, 15) is 4.79 Å². The van der Waals surface area contributed by atoms with Crippen molar-refractivity contribution in [3.63, 3.8) is 0 Å². The van der Waals surface area contributed by atoms with Gasteiger partial charge >= 0.3 is 5.69 Å². The molecule has 2 aromatic heterocycles. The molecule has 1 N–H and O–H groups in total. The Labute approximate surface area is 119 Å². The van der Waals surface area contributed by atoms with Crippen LogP contribution in [-0.2, 0) is 0 Å². The van der Waals surface area contributed by atoms with Gasteiger partial charge in [-0.15, -0.1) is 0 Å². The number of aromatic amines is 1. The lowest BCUT2D eigenvalue weighted by Crippen LogP contribution is -2.14. The number of aromatic nitrogens is 4. The Kier molecular flexibility index (Phi) is 3.15. The van der Waals surface area contributed by atoms with E-state index in [1.807, 2.05) is 6.92 Å². The highest BCUT2D eigenvalue weighted by atomic mass is 35.5. The van der Waals surface area contributed by atoms with Gasteiger partial charge in [0.15, 0.2) is 10.8 Å². The lowest BCUT2D eigenvalue weighted by molar-refractivity contribution is 0.340. The molecule has 0 aliphatic heterocycles. The first-order valence-electron chi connectivity index (χ1n) is 6.05. The number of hydrogen-bond acceptors (Lipinski definition) is 4. The molecule has 0 radical (unpaired) electrons. The van der Waals surface area contributed by atoms with Gasteiger partial charge < -0.3 is 4.74 Å². The second kappa shape index (κ2) is 4.97. The van der Waals surface area contributed by atoms with Gasteiger partial charge in [-0.2, -0.15) is 0 Å². The fourth-order valence-electron chi connectivity index (χ4n) is 2.01. The molecule has 0 amide bonds. The fourth-order valence-corrected chi connectivity index (χ4v) is 2.23. The van der Waals surface area contributed by atoms with Gasteiger partial charge in [0.05, 0.1) is 12.3 Å². The van der Waals surface area contributed by atoms with Crippen molar-refractivity contribution in [2.45, 2.75) is 6.92 Å². The zero-order valence-electron chi connectivity index (χ0n) is 10.6. The van der Waals surface area contributed by atoms with Gasteiger partial charge in [0, 0.05) is 0 Å². The number of halogens is 1. The summed E-state index contributed by atoms with van der Waals surface area (Å²) in [5, 5.41) is 0.224. The van der Waals surface area contributed by atoms with Crippen LogP contribution in [0, 0.1) is 0 Å². The first-order chi connectivity index (χ1) is 9.70. The van der Waals surface area contributed by atoms with Crippen LogP contribution >= 0.6 is 11.6 Å². The topological polar surface area (TPSA) is 72.8 Å². The van der Waals surface area contributed by atoms with Crippen molar-refractivity contribution in [1.29, 1.82) is 0 Å². The number of nitrogens with zero attached hydrogens (tertiary/aromatic N) is 3. The zero-order chi connectivity index (χ0) is 14.1. The minimum absolute atomic E-state index is 0.224. The molecule has 0 bridgehead atoms. The van der Waals surface area contributed by atoms with Gasteiger partial charge in [-0.1, -0.05) is 11.6 Å². The van der Waals surface area contributed by atoms with E-state index in [0.717, 1.165) is 5.75 Å². The third-order valence-electron chi connectivity index (χ3n) is 2.84. The van der Waals surface area contributed by atoms with E-state index in [1.54, 1.807) is 24.3 Å². The second-order valence-corrected chi connectivity index (χ2v) is 4.41. The van der Waals surface area contributed by atoms with Crippen LogP contribution in [0.2, 0.25) is 5.15 Å². The maximum Gasteiger partial charge on any atom is 0.332 e. The average molecular weight is 291 g/mol. The quantitative estimate of drug-likeness (QED) is 0.750. The smallest absolute Gasteiger partial charge is 0.332 e. The monoisotopic (exact) mass is 290 g/mol. The minimum atomic E-state index is -0.313. The molecule has 3 rings (SSSR count). The number of benzene rings is 1. The molecule has 0 fully saturated rings. The molecular formula is C13H11ClN4O2. The standard InChI is InChI=1S/C13H11ClN4O2/c1-2-20-9-5-3-8(4-6-9)18-10-11(14)15-7-16-12(10)17-13(18)19/h3-7H,2H2,1H3,(H,15,16,17,19). The molecule has 0 unspecified atom stereocenters. The van der Waals surface area contributed by atoms with Crippen LogP contribution in [-0.4, -0.2) is 26.1 Å². The number of fused-ring (bicyclic) bond motifs is 1. The molecule has 2 heterocycles. The van der Waals surface area contributed by atoms with E-state index in [4.69, 9.17) is 16.3 Å². The number of H-pyrrole nitrogens is 1. The van der Waals surface area contributed by atoms with Crippen LogP contribution in [0.4, 0.5) is 0 Å². The Bertz CT molecular complexity index is 807. The van der Waals surface area contributed by atoms with E-state index in [1.165, 1.54) is 10.9 Å². The SMILES string of the molecule is CCOc1ccc(-n2c(=O)[nH]c3ncnc(Cl)c32)cc1. The molecule has 20 heavy (non-hydrogen) atoms. The van der Waals surface area contributed by atoms with Gasteiger partial charge in [-0.05, 0) is 31.2 Å². The molecule has 0 aliphatic carbocycles. The number of nitrogens with one attached hydrogen (secondary N) is 1. The molecule has 0 saturated heterocycles. The van der Waals surface area contributed by atoms with Crippen molar-refractivity contribution in [1.82, 2.24) is 19.5 Å². The average Bonchev–Trinajstić information content (AvgIpc) is 2.78. The summed E-state index contributed by atoms with van der Waals surface area (Å²) < 4.78 is 6.81. The van der Waals surface area contributed by atoms with Crippen molar-refractivity contribution < 1.29 is 4.74 Å². The van der Waals surface area contributed by atoms with E-state index in [-0.39, 0.29) is 10.8 Å². The summed E-state index contributed by atoms with van der Waals surface area (Å²) in [5.74, 6) is 0.742. The van der Waals surface area contributed by atoms with E-state index >= 15 is 0 Å². The second-order valence-electron chi connectivity index (χ2n) is 4.05. The summed E-state index contributed by atoms with van der Waals surface area (Å²) in [6.45, 7) is 2.50. The van der Waals surface area contributed by atoms with Crippen molar-refractivity contribution in [3.05, 3.63) is 46.2 Å². The molecule has 0 saturated carbocycles. The van der Waals surface area contributed by atoms with E-state index < -0.39 is 0 Å². The van der Waals surface area contributed by atoms with Crippen LogP contribution in [0.1, 0.15) is 6.92 Å². The molecule has 1 aromatic carbocycles. The normalized spacial score (nSPS) is 10.9. The molecule has 102 valence electrons. The molecule has 3 aromatic rings. The highest BCUT2D eigenvalue weighted by Crippen LogP contribution is 2.21. The highest BCUT2D eigenvalue weighted by molar-refractivity contribution is 6.33. The van der Waals surface area contributed by atoms with Crippen molar-refractivity contribution >= 4 is 22.8 Å². The Morgan fingerprint density at radius 2 is 2.05 bits per heavy atom. The summed E-state index contributed by atoms with van der Waals surface area (Å²) in [6.07, 6.45) is 1.31. The zero-order valence-corrected chi connectivity index (χ0v) is 11.4. The predicted molar refractivity (Wildman–Crippen MR) is 75.7 cm³/mol. The Balaban J connectivity index is 2.19. The molecule has 0 atom stereocenters. The maximum absolute atomic E-state index is 12.1. The summed E-state index contributed by atoms with van der Waals surface area (Å²) in [7, 11) is 0. The third-order valence-corrected chi connectivity index (χ3v) is 3.11. The van der Waals surface area contributed by atoms with Crippen LogP contribution in [0.15, 0.2) is 35.4 Å². The van der Waals surface area contributed by atoms with Crippen LogP contribution < -0.4 is 10.4 Å². The lowest BCUT2D eigenvalue weighted by atomic mass is 10.3. The van der Waals surface area contributed by atoms with Gasteiger partial charge in [0.25, 0.3) is 0 Å². The minimum Gasteiger partial charge on any atom is -0.494 e. The van der Waals surface area contributed by atoms with Gasteiger partial charge in [0.1, 0.15) is 17.6 Å². The molecule has 7 heteroatoms. The van der Waals surface area contributed by atoms with Crippen LogP contribution in [0.25, 0.3) is 16.9 Å². The number of imidazole rings is 1. The lowest BCUT2D eigenvalue weighted by Gasteiger charge is -2.06. The van der Waals surface area contributed by atoms with Gasteiger partial charge in [-0.3, -0.25) is 9.55 Å². The predicted octanol–water partition coefficient (Wildman–Crippen LogP) is 2.16. The molecule has 0 spiro atoms. The largest absolute Gasteiger partial charge is 0.494 e. The van der Waals surface area contributed by atoms with Crippen LogP contribution in [0.3, 0.4) is 0 Å². The highest BCUT2D eigenvalue weighted by Gasteiger charge is 2.13. The Hall–Kier alpha value is -2.34. The maximum atomic E-state index is 12.1. The van der Waals surface area contributed by atoms with Gasteiger partial charge in [0.2, 0.25) is 0 Å². The van der Waals surface area contributed by atoms with Crippen molar-refractivity contribution in [2.75, 3.05) is 6.61 Å². The van der Waals surface area contributed by atoms with E-state index in [2.05, 4.69) is 15.0 Å². The molecule has 6 nitrogen and oxygen atoms in total. The Morgan fingerprint density at radius 3 is 2.75 bits per heavy atom. The number of rotatable bonds is 3. The van der Waals surface area contributed by atoms with Crippen molar-refractivity contribution in [2.24, 2.45) is 0 Å². The Morgan fingerprint density at radius 1 is 1.30 bits per heavy atom. The fraction of sp³-hybridized carbons (Fsp3) is 0.154. The first-order valence-corrected chi connectivity index (χ1v) is 6.43. The third kappa shape index (κ3) is 2.04. The summed E-state index contributed by atoms with van der Waals surface area (Å²) in [6, 6.07) is 7.15. The summed E-state index contributed by atoms with van der Waals surface area (Å²) in [4.78, 5) is 22.6.